The van der Waals surface area contributed by atoms with Gasteiger partial charge >= 0.3 is 5.97 Å². The van der Waals surface area contributed by atoms with Crippen molar-refractivity contribution in [2.24, 2.45) is 5.92 Å². The van der Waals surface area contributed by atoms with Crippen LogP contribution in [-0.4, -0.2) is 43.2 Å². The number of benzene rings is 1. The van der Waals surface area contributed by atoms with Crippen molar-refractivity contribution in [3.8, 4) is 11.5 Å². The molecule has 5 rings (SSSR count). The van der Waals surface area contributed by atoms with Crippen LogP contribution < -0.4 is 9.47 Å². The van der Waals surface area contributed by atoms with Crippen LogP contribution in [0.4, 0.5) is 0 Å². The Bertz CT molecular complexity index is 869. The number of aliphatic hydroxyl groups excluding tert-OH is 1. The molecule has 140 valence electrons. The van der Waals surface area contributed by atoms with Gasteiger partial charge in [0.15, 0.2) is 11.5 Å². The predicted molar refractivity (Wildman–Crippen MR) is 92.6 cm³/mol. The van der Waals surface area contributed by atoms with E-state index in [0.29, 0.717) is 23.5 Å². The quantitative estimate of drug-likeness (QED) is 0.643. The van der Waals surface area contributed by atoms with E-state index in [1.54, 1.807) is 18.2 Å². The Balaban J connectivity index is 1.40. The Morgan fingerprint density at radius 2 is 1.96 bits per heavy atom. The minimum Gasteiger partial charge on any atom is -0.454 e. The highest BCUT2D eigenvalue weighted by Crippen LogP contribution is 2.37. The van der Waals surface area contributed by atoms with Gasteiger partial charge < -0.3 is 28.8 Å². The van der Waals surface area contributed by atoms with E-state index >= 15 is 0 Å². The molecular weight excluding hydrogens is 352 g/mol. The molecule has 2 fully saturated rings. The maximum Gasteiger partial charge on any atom is 0.336 e. The highest BCUT2D eigenvalue weighted by molar-refractivity contribution is 5.96. The molecule has 0 radical (unpaired) electrons. The average molecular weight is 370 g/mol. The molecule has 7 nitrogen and oxygen atoms in total. The summed E-state index contributed by atoms with van der Waals surface area (Å²) in [5, 5.41) is 10.2. The SMILES string of the molecule is O=C1OC(O)C(CC2=CC3OCOC3C=C2)C1=Cc1ccc2c(c1)OCO2. The zero-order valence-corrected chi connectivity index (χ0v) is 14.4. The van der Waals surface area contributed by atoms with Gasteiger partial charge in [-0.3, -0.25) is 0 Å². The zero-order valence-electron chi connectivity index (χ0n) is 14.4. The highest BCUT2D eigenvalue weighted by Gasteiger charge is 2.39. The fraction of sp³-hybridized carbons (Fsp3) is 0.350. The van der Waals surface area contributed by atoms with Crippen molar-refractivity contribution >= 4 is 12.0 Å². The molecule has 1 aromatic carbocycles. The summed E-state index contributed by atoms with van der Waals surface area (Å²) in [5.74, 6) is 0.338. The van der Waals surface area contributed by atoms with Crippen LogP contribution in [0.2, 0.25) is 0 Å². The van der Waals surface area contributed by atoms with Crippen LogP contribution in [0.25, 0.3) is 6.08 Å². The van der Waals surface area contributed by atoms with Crippen LogP contribution in [-0.2, 0) is 19.0 Å². The Hall–Kier alpha value is -2.61. The second-order valence-corrected chi connectivity index (χ2v) is 6.80. The second kappa shape index (κ2) is 6.53. The number of fused-ring (bicyclic) bond motifs is 2. The van der Waals surface area contributed by atoms with Gasteiger partial charge in [-0.15, -0.1) is 0 Å². The number of carbonyl (C=O) groups excluding carboxylic acids is 1. The molecule has 4 aliphatic rings. The smallest absolute Gasteiger partial charge is 0.336 e. The maximum absolute atomic E-state index is 12.3. The summed E-state index contributed by atoms with van der Waals surface area (Å²) in [7, 11) is 0. The van der Waals surface area contributed by atoms with Crippen molar-refractivity contribution in [3.05, 3.63) is 53.1 Å². The molecular formula is C20H18O7. The number of hydrogen-bond acceptors (Lipinski definition) is 7. The lowest BCUT2D eigenvalue weighted by Gasteiger charge is -2.19. The van der Waals surface area contributed by atoms with Gasteiger partial charge in [-0.05, 0) is 41.8 Å². The number of cyclic esters (lactones) is 1. The first-order valence-corrected chi connectivity index (χ1v) is 8.80. The van der Waals surface area contributed by atoms with Crippen molar-refractivity contribution in [1.29, 1.82) is 0 Å². The van der Waals surface area contributed by atoms with E-state index in [-0.39, 0.29) is 25.8 Å². The van der Waals surface area contributed by atoms with Gasteiger partial charge in [0, 0.05) is 5.57 Å². The summed E-state index contributed by atoms with van der Waals surface area (Å²) >= 11 is 0. The van der Waals surface area contributed by atoms with Crippen LogP contribution in [0.15, 0.2) is 47.6 Å². The highest BCUT2D eigenvalue weighted by atomic mass is 16.7. The Labute approximate surface area is 155 Å². The van der Waals surface area contributed by atoms with Gasteiger partial charge in [-0.25, -0.2) is 4.79 Å². The minimum atomic E-state index is -1.18. The Kier molecular flexibility index (Phi) is 4.00. The van der Waals surface area contributed by atoms with E-state index in [0.717, 1.165) is 11.1 Å². The molecule has 27 heavy (non-hydrogen) atoms. The molecule has 2 saturated heterocycles. The third kappa shape index (κ3) is 3.03. The molecule has 0 bridgehead atoms. The predicted octanol–water partition coefficient (Wildman–Crippen LogP) is 1.92. The molecule has 4 atom stereocenters. The van der Waals surface area contributed by atoms with Gasteiger partial charge in [0.25, 0.3) is 0 Å². The van der Waals surface area contributed by atoms with Crippen molar-refractivity contribution in [2.75, 3.05) is 13.6 Å². The molecule has 3 aliphatic heterocycles. The lowest BCUT2D eigenvalue weighted by molar-refractivity contribution is -0.155. The molecule has 1 N–H and O–H groups in total. The first-order chi connectivity index (χ1) is 13.2. The Morgan fingerprint density at radius 1 is 1.11 bits per heavy atom. The monoisotopic (exact) mass is 370 g/mol. The van der Waals surface area contributed by atoms with Crippen LogP contribution in [0.1, 0.15) is 12.0 Å². The second-order valence-electron chi connectivity index (χ2n) is 6.80. The summed E-state index contributed by atoms with van der Waals surface area (Å²) in [6, 6.07) is 5.44. The third-order valence-corrected chi connectivity index (χ3v) is 5.10. The normalized spacial score (nSPS) is 32.6. The largest absolute Gasteiger partial charge is 0.454 e. The first-order valence-electron chi connectivity index (χ1n) is 8.80. The van der Waals surface area contributed by atoms with Crippen molar-refractivity contribution < 1.29 is 33.6 Å². The molecule has 0 amide bonds. The molecule has 1 aromatic rings. The van der Waals surface area contributed by atoms with Crippen molar-refractivity contribution in [3.63, 3.8) is 0 Å². The summed E-state index contributed by atoms with van der Waals surface area (Å²) in [6.07, 6.45) is 6.70. The summed E-state index contributed by atoms with van der Waals surface area (Å²) in [5.41, 5.74) is 2.19. The van der Waals surface area contributed by atoms with Gasteiger partial charge in [0.1, 0.15) is 19.0 Å². The molecule has 7 heteroatoms. The van der Waals surface area contributed by atoms with E-state index in [2.05, 4.69) is 0 Å². The number of allylic oxidation sites excluding steroid dienone is 2. The number of esters is 1. The minimum absolute atomic E-state index is 0.0659. The molecule has 0 saturated carbocycles. The van der Waals surface area contributed by atoms with E-state index in [4.69, 9.17) is 23.7 Å². The standard InChI is InChI=1S/C20H18O7/c21-19-13(5-11-1-3-15-17(7-11)25-9-23-15)14(20(22)27-19)6-12-2-4-16-18(8-12)26-10-24-16/h1-5,7-8,14,16,18,20,22H,6,9-10H2. The number of hydrogen-bond donors (Lipinski definition) is 1. The first kappa shape index (κ1) is 16.6. The molecule has 0 spiro atoms. The van der Waals surface area contributed by atoms with Crippen LogP contribution >= 0.6 is 0 Å². The number of rotatable bonds is 3. The van der Waals surface area contributed by atoms with Gasteiger partial charge in [-0.2, -0.15) is 0 Å². The third-order valence-electron chi connectivity index (χ3n) is 5.10. The van der Waals surface area contributed by atoms with E-state index < -0.39 is 18.2 Å². The van der Waals surface area contributed by atoms with E-state index in [9.17, 15) is 9.90 Å². The Morgan fingerprint density at radius 3 is 2.89 bits per heavy atom. The van der Waals surface area contributed by atoms with Gasteiger partial charge in [-0.1, -0.05) is 18.2 Å². The van der Waals surface area contributed by atoms with Crippen LogP contribution in [0.3, 0.4) is 0 Å². The van der Waals surface area contributed by atoms with E-state index in [1.807, 2.05) is 24.3 Å². The fourth-order valence-corrected chi connectivity index (χ4v) is 3.69. The zero-order chi connectivity index (χ0) is 18.4. The lowest BCUT2D eigenvalue weighted by atomic mass is 9.88. The van der Waals surface area contributed by atoms with Crippen molar-refractivity contribution in [1.82, 2.24) is 0 Å². The van der Waals surface area contributed by atoms with Crippen LogP contribution in [0, 0.1) is 5.92 Å². The molecule has 0 aromatic heterocycles. The van der Waals surface area contributed by atoms with Crippen molar-refractivity contribution in [2.45, 2.75) is 24.9 Å². The van der Waals surface area contributed by atoms with Crippen LogP contribution in [0.5, 0.6) is 11.5 Å². The summed E-state index contributed by atoms with van der Waals surface area (Å²) in [6.45, 7) is 0.458. The average Bonchev–Trinajstić information content (AvgIpc) is 3.36. The van der Waals surface area contributed by atoms with Gasteiger partial charge in [0.05, 0.1) is 5.92 Å². The molecule has 4 unspecified atom stereocenters. The fourth-order valence-electron chi connectivity index (χ4n) is 3.69. The molecule has 1 aliphatic carbocycles. The topological polar surface area (TPSA) is 83.5 Å². The number of aliphatic hydroxyl groups is 1. The van der Waals surface area contributed by atoms with E-state index in [1.165, 1.54) is 0 Å². The summed E-state index contributed by atoms with van der Waals surface area (Å²) in [4.78, 5) is 12.3. The molecule has 3 heterocycles. The maximum atomic E-state index is 12.3. The lowest BCUT2D eigenvalue weighted by Crippen LogP contribution is -2.22. The number of ether oxygens (including phenoxy) is 5. The number of carbonyl (C=O) groups is 1. The van der Waals surface area contributed by atoms with Gasteiger partial charge in [0.2, 0.25) is 13.1 Å². The summed E-state index contributed by atoms with van der Waals surface area (Å²) < 4.78 is 26.7.